The van der Waals surface area contributed by atoms with Gasteiger partial charge in [-0.05, 0) is 48.1 Å². The number of amides is 1. The lowest BCUT2D eigenvalue weighted by molar-refractivity contribution is -0.384. The first kappa shape index (κ1) is 19.8. The predicted molar refractivity (Wildman–Crippen MR) is 112 cm³/mol. The molecule has 1 heterocycles. The SMILES string of the molecule is C[C@H](c1cccc([N+](=O)[O-])c1)N(C)C(=O)c1ccc(C2SCCCS2)cc1. The third-order valence-electron chi connectivity index (χ3n) is 4.72. The second kappa shape index (κ2) is 8.80. The van der Waals surface area contributed by atoms with Crippen molar-refractivity contribution in [2.45, 2.75) is 24.0 Å². The van der Waals surface area contributed by atoms with Crippen LogP contribution in [-0.4, -0.2) is 34.3 Å². The number of hydrogen-bond acceptors (Lipinski definition) is 5. The van der Waals surface area contributed by atoms with E-state index in [0.29, 0.717) is 10.1 Å². The summed E-state index contributed by atoms with van der Waals surface area (Å²) in [4.78, 5) is 25.0. The van der Waals surface area contributed by atoms with Crippen LogP contribution in [0.4, 0.5) is 5.69 Å². The van der Waals surface area contributed by atoms with Gasteiger partial charge in [0.1, 0.15) is 0 Å². The van der Waals surface area contributed by atoms with Gasteiger partial charge in [0.25, 0.3) is 11.6 Å². The molecule has 0 spiro atoms. The predicted octanol–water partition coefficient (Wildman–Crippen LogP) is 5.30. The van der Waals surface area contributed by atoms with Crippen molar-refractivity contribution in [2.75, 3.05) is 18.6 Å². The van der Waals surface area contributed by atoms with Crippen LogP contribution in [0.3, 0.4) is 0 Å². The maximum absolute atomic E-state index is 12.8. The zero-order chi connectivity index (χ0) is 19.4. The van der Waals surface area contributed by atoms with E-state index in [9.17, 15) is 14.9 Å². The Labute approximate surface area is 167 Å². The van der Waals surface area contributed by atoms with Crippen molar-refractivity contribution in [2.24, 2.45) is 0 Å². The zero-order valence-electron chi connectivity index (χ0n) is 15.3. The van der Waals surface area contributed by atoms with Crippen LogP contribution in [-0.2, 0) is 0 Å². The molecule has 2 aromatic rings. The Morgan fingerprint density at radius 2 is 1.85 bits per heavy atom. The highest BCUT2D eigenvalue weighted by Gasteiger charge is 2.22. The maximum Gasteiger partial charge on any atom is 0.269 e. The van der Waals surface area contributed by atoms with E-state index in [1.807, 2.05) is 60.8 Å². The van der Waals surface area contributed by atoms with Gasteiger partial charge in [-0.1, -0.05) is 24.3 Å². The standard InChI is InChI=1S/C20H22N2O3S2/c1-14(17-5-3-6-18(13-17)22(24)25)21(2)19(23)15-7-9-16(10-8-15)20-26-11-4-12-27-20/h3,5-10,13-14,20H,4,11-12H2,1-2H3/t14-/m1/s1. The van der Waals surface area contributed by atoms with Gasteiger partial charge in [0, 0.05) is 24.7 Å². The second-order valence-corrected chi connectivity index (χ2v) is 9.22. The Hall–Kier alpha value is -1.99. The van der Waals surface area contributed by atoms with Crippen molar-refractivity contribution in [3.8, 4) is 0 Å². The van der Waals surface area contributed by atoms with Crippen molar-refractivity contribution in [1.29, 1.82) is 0 Å². The highest BCUT2D eigenvalue weighted by molar-refractivity contribution is 8.16. The average molecular weight is 403 g/mol. The Balaban J connectivity index is 1.72. The molecule has 27 heavy (non-hydrogen) atoms. The molecule has 5 nitrogen and oxygen atoms in total. The average Bonchev–Trinajstić information content (AvgIpc) is 2.73. The molecule has 0 radical (unpaired) electrons. The maximum atomic E-state index is 12.8. The van der Waals surface area contributed by atoms with Gasteiger partial charge < -0.3 is 4.90 Å². The summed E-state index contributed by atoms with van der Waals surface area (Å²) in [5.41, 5.74) is 2.65. The number of rotatable bonds is 5. The van der Waals surface area contributed by atoms with Crippen LogP contribution in [0.5, 0.6) is 0 Å². The molecule has 1 saturated heterocycles. The number of carbonyl (C=O) groups excluding carboxylic acids is 1. The number of nitro benzene ring substituents is 1. The van der Waals surface area contributed by atoms with Gasteiger partial charge in [0.15, 0.2) is 0 Å². The van der Waals surface area contributed by atoms with Crippen LogP contribution < -0.4 is 0 Å². The van der Waals surface area contributed by atoms with Crippen LogP contribution in [0, 0.1) is 10.1 Å². The van der Waals surface area contributed by atoms with Gasteiger partial charge in [-0.3, -0.25) is 14.9 Å². The minimum Gasteiger partial charge on any atom is -0.335 e. The van der Waals surface area contributed by atoms with Gasteiger partial charge in [0.2, 0.25) is 0 Å². The summed E-state index contributed by atoms with van der Waals surface area (Å²) in [6.07, 6.45) is 1.25. The van der Waals surface area contributed by atoms with Crippen LogP contribution in [0.1, 0.15) is 45.5 Å². The smallest absolute Gasteiger partial charge is 0.269 e. The third kappa shape index (κ3) is 4.65. The lowest BCUT2D eigenvalue weighted by Crippen LogP contribution is -2.29. The minimum atomic E-state index is -0.419. The lowest BCUT2D eigenvalue weighted by atomic mass is 10.0. The fourth-order valence-electron chi connectivity index (χ4n) is 2.96. The van der Waals surface area contributed by atoms with E-state index in [1.165, 1.54) is 35.6 Å². The lowest BCUT2D eigenvalue weighted by Gasteiger charge is -2.26. The summed E-state index contributed by atoms with van der Waals surface area (Å²) in [6.45, 7) is 1.88. The highest BCUT2D eigenvalue weighted by Crippen LogP contribution is 2.43. The summed E-state index contributed by atoms with van der Waals surface area (Å²) >= 11 is 3.91. The van der Waals surface area contributed by atoms with E-state index < -0.39 is 4.92 Å². The van der Waals surface area contributed by atoms with Crippen LogP contribution in [0.25, 0.3) is 0 Å². The van der Waals surface area contributed by atoms with Gasteiger partial charge in [-0.25, -0.2) is 0 Å². The molecule has 0 aromatic heterocycles. The molecule has 1 aliphatic rings. The first-order chi connectivity index (χ1) is 13.0. The first-order valence-corrected chi connectivity index (χ1v) is 10.9. The topological polar surface area (TPSA) is 63.5 Å². The molecule has 1 atom stereocenters. The Morgan fingerprint density at radius 3 is 2.48 bits per heavy atom. The first-order valence-electron chi connectivity index (χ1n) is 8.82. The molecular formula is C20H22N2O3S2. The van der Waals surface area contributed by atoms with Crippen molar-refractivity contribution >= 4 is 35.1 Å². The molecule has 0 unspecified atom stereocenters. The van der Waals surface area contributed by atoms with Crippen molar-refractivity contribution in [3.05, 3.63) is 75.3 Å². The van der Waals surface area contributed by atoms with Gasteiger partial charge >= 0.3 is 0 Å². The molecule has 0 aliphatic carbocycles. The minimum absolute atomic E-state index is 0.0343. The van der Waals surface area contributed by atoms with E-state index in [-0.39, 0.29) is 17.6 Å². The van der Waals surface area contributed by atoms with Crippen molar-refractivity contribution < 1.29 is 9.72 Å². The van der Waals surface area contributed by atoms with Crippen LogP contribution in [0.2, 0.25) is 0 Å². The molecule has 7 heteroatoms. The van der Waals surface area contributed by atoms with E-state index in [2.05, 4.69) is 0 Å². The zero-order valence-corrected chi connectivity index (χ0v) is 17.0. The molecule has 1 fully saturated rings. The number of non-ortho nitro benzene ring substituents is 1. The molecule has 0 N–H and O–H groups in total. The molecule has 0 bridgehead atoms. The molecule has 1 amide bonds. The Bertz CT molecular complexity index is 820. The summed E-state index contributed by atoms with van der Waals surface area (Å²) in [5.74, 6) is 2.27. The largest absolute Gasteiger partial charge is 0.335 e. The molecule has 3 rings (SSSR count). The quantitative estimate of drug-likeness (QED) is 0.502. The number of nitro groups is 1. The number of carbonyl (C=O) groups is 1. The second-order valence-electron chi connectivity index (χ2n) is 6.49. The fourth-order valence-corrected chi connectivity index (χ4v) is 5.86. The Kier molecular flexibility index (Phi) is 6.44. The van der Waals surface area contributed by atoms with E-state index >= 15 is 0 Å². The van der Waals surface area contributed by atoms with Crippen molar-refractivity contribution in [3.63, 3.8) is 0 Å². The molecule has 0 saturated carbocycles. The van der Waals surface area contributed by atoms with E-state index in [0.717, 1.165) is 5.56 Å². The van der Waals surface area contributed by atoms with E-state index in [4.69, 9.17) is 0 Å². The fraction of sp³-hybridized carbons (Fsp3) is 0.350. The third-order valence-corrected chi connectivity index (χ3v) is 7.74. The summed E-state index contributed by atoms with van der Waals surface area (Å²) in [7, 11) is 1.73. The normalized spacial score (nSPS) is 15.9. The highest BCUT2D eigenvalue weighted by atomic mass is 32.2. The Morgan fingerprint density at radius 1 is 1.19 bits per heavy atom. The van der Waals surface area contributed by atoms with E-state index in [1.54, 1.807) is 18.0 Å². The number of nitrogens with zero attached hydrogens (tertiary/aromatic N) is 2. The van der Waals surface area contributed by atoms with Gasteiger partial charge in [-0.2, -0.15) is 0 Å². The van der Waals surface area contributed by atoms with Crippen molar-refractivity contribution in [1.82, 2.24) is 4.90 Å². The summed E-state index contributed by atoms with van der Waals surface area (Å²) in [5, 5.41) is 11.0. The van der Waals surface area contributed by atoms with Gasteiger partial charge in [0.05, 0.1) is 15.5 Å². The molecular weight excluding hydrogens is 380 g/mol. The van der Waals surface area contributed by atoms with Crippen LogP contribution in [0.15, 0.2) is 48.5 Å². The van der Waals surface area contributed by atoms with Crippen LogP contribution >= 0.6 is 23.5 Å². The molecule has 1 aliphatic heterocycles. The summed E-state index contributed by atoms with van der Waals surface area (Å²) in [6, 6.07) is 14.0. The monoisotopic (exact) mass is 402 g/mol. The number of benzene rings is 2. The summed E-state index contributed by atoms with van der Waals surface area (Å²) < 4.78 is 0.449. The molecule has 2 aromatic carbocycles. The van der Waals surface area contributed by atoms with Gasteiger partial charge in [-0.15, -0.1) is 23.5 Å². The number of hydrogen-bond donors (Lipinski definition) is 0. The number of thioether (sulfide) groups is 2. The molecule has 142 valence electrons.